The zero-order chi connectivity index (χ0) is 21.9. The van der Waals surface area contributed by atoms with Crippen molar-refractivity contribution in [1.29, 1.82) is 0 Å². The predicted molar refractivity (Wildman–Crippen MR) is 127 cm³/mol. The number of rotatable bonds is 5. The molecule has 2 aromatic carbocycles. The van der Waals surface area contributed by atoms with Crippen molar-refractivity contribution < 1.29 is 9.21 Å². The maximum absolute atomic E-state index is 12.9. The third-order valence-corrected chi connectivity index (χ3v) is 6.30. The van der Waals surface area contributed by atoms with Gasteiger partial charge < -0.3 is 9.32 Å². The summed E-state index contributed by atoms with van der Waals surface area (Å²) in [5, 5.41) is 5.83. The van der Waals surface area contributed by atoms with E-state index in [9.17, 15) is 4.79 Å². The van der Waals surface area contributed by atoms with Gasteiger partial charge in [0.1, 0.15) is 11.3 Å². The fraction of sp³-hybridized carbons (Fsp3) is 0.259. The maximum Gasteiger partial charge on any atom is 0.246 e. The smallest absolute Gasteiger partial charge is 0.246 e. The minimum atomic E-state index is 0.0277. The number of carbonyl (C=O) groups excluding carboxylic acids is 1. The van der Waals surface area contributed by atoms with Crippen LogP contribution in [0.2, 0.25) is 0 Å². The van der Waals surface area contributed by atoms with Gasteiger partial charge in [0.15, 0.2) is 5.76 Å². The Morgan fingerprint density at radius 1 is 1.06 bits per heavy atom. The zero-order valence-corrected chi connectivity index (χ0v) is 18.3. The lowest BCUT2D eigenvalue weighted by atomic mass is 9.94. The Morgan fingerprint density at radius 2 is 1.81 bits per heavy atom. The SMILES string of the molecule is CN(C(=O)C=Cc1cn(-c2ccccc2)nc1-c1cc2ccccc2o1)C1CCCCC1. The fourth-order valence-corrected chi connectivity index (χ4v) is 4.44. The summed E-state index contributed by atoms with van der Waals surface area (Å²) in [7, 11) is 1.91. The van der Waals surface area contributed by atoms with Crippen molar-refractivity contribution in [2.24, 2.45) is 0 Å². The van der Waals surface area contributed by atoms with E-state index in [2.05, 4.69) is 0 Å². The van der Waals surface area contributed by atoms with Crippen molar-refractivity contribution in [2.45, 2.75) is 38.1 Å². The summed E-state index contributed by atoms with van der Waals surface area (Å²) in [6.45, 7) is 0. The van der Waals surface area contributed by atoms with Crippen LogP contribution in [0.5, 0.6) is 0 Å². The number of fused-ring (bicyclic) bond motifs is 1. The molecule has 1 saturated carbocycles. The van der Waals surface area contributed by atoms with Gasteiger partial charge in [-0.2, -0.15) is 5.10 Å². The highest BCUT2D eigenvalue weighted by molar-refractivity contribution is 5.93. The molecular formula is C27H27N3O2. The van der Waals surface area contributed by atoms with Crippen LogP contribution < -0.4 is 0 Å². The highest BCUT2D eigenvalue weighted by Gasteiger charge is 2.21. The summed E-state index contributed by atoms with van der Waals surface area (Å²) in [6.07, 6.45) is 11.3. The quantitative estimate of drug-likeness (QED) is 0.364. The number of hydrogen-bond acceptors (Lipinski definition) is 3. The molecular weight excluding hydrogens is 398 g/mol. The summed E-state index contributed by atoms with van der Waals surface area (Å²) in [5.41, 5.74) is 3.34. The molecule has 1 fully saturated rings. The summed E-state index contributed by atoms with van der Waals surface area (Å²) in [4.78, 5) is 14.8. The van der Waals surface area contributed by atoms with Gasteiger partial charge in [-0.15, -0.1) is 0 Å². The highest BCUT2D eigenvalue weighted by atomic mass is 16.3. The topological polar surface area (TPSA) is 51.3 Å². The first-order valence-electron chi connectivity index (χ1n) is 11.3. The molecule has 2 heterocycles. The molecule has 5 heteroatoms. The van der Waals surface area contributed by atoms with Gasteiger partial charge in [-0.25, -0.2) is 4.68 Å². The second kappa shape index (κ2) is 8.87. The van der Waals surface area contributed by atoms with Crippen molar-refractivity contribution in [3.63, 3.8) is 0 Å². The van der Waals surface area contributed by atoms with Crippen molar-refractivity contribution >= 4 is 23.0 Å². The van der Waals surface area contributed by atoms with Crippen LogP contribution in [0.4, 0.5) is 0 Å². The highest BCUT2D eigenvalue weighted by Crippen LogP contribution is 2.30. The van der Waals surface area contributed by atoms with E-state index in [-0.39, 0.29) is 5.91 Å². The van der Waals surface area contributed by atoms with E-state index < -0.39 is 0 Å². The molecule has 1 aliphatic carbocycles. The molecule has 0 atom stereocenters. The number of amides is 1. The van der Waals surface area contributed by atoms with Crippen LogP contribution in [0.1, 0.15) is 37.7 Å². The molecule has 0 bridgehead atoms. The van der Waals surface area contributed by atoms with Gasteiger partial charge in [-0.05, 0) is 43.2 Å². The Bertz CT molecular complexity index is 1210. The van der Waals surface area contributed by atoms with Crippen LogP contribution in [0.15, 0.2) is 77.4 Å². The summed E-state index contributed by atoms with van der Waals surface area (Å²) >= 11 is 0. The van der Waals surface area contributed by atoms with Crippen molar-refractivity contribution in [1.82, 2.24) is 14.7 Å². The maximum atomic E-state index is 12.9. The standard InChI is InChI=1S/C27H27N3O2/c1-29(22-11-4-2-5-12-22)26(31)17-16-21-19-30(23-13-6-3-7-14-23)28-27(21)25-18-20-10-8-9-15-24(20)32-25/h3,6-10,13-19,22H,2,4-5,11-12H2,1H3. The van der Waals surface area contributed by atoms with Crippen molar-refractivity contribution in [3.05, 3.63) is 78.5 Å². The average Bonchev–Trinajstić information content (AvgIpc) is 3.47. The Balaban J connectivity index is 1.49. The monoisotopic (exact) mass is 425 g/mol. The molecule has 0 spiro atoms. The summed E-state index contributed by atoms with van der Waals surface area (Å²) in [6, 6.07) is 20.2. The zero-order valence-electron chi connectivity index (χ0n) is 18.3. The van der Waals surface area contributed by atoms with E-state index in [1.807, 2.05) is 89.6 Å². The van der Waals surface area contributed by atoms with Gasteiger partial charge in [0.05, 0.1) is 5.69 Å². The first kappa shape index (κ1) is 20.3. The predicted octanol–water partition coefficient (Wildman–Crippen LogP) is 6.09. The third-order valence-electron chi connectivity index (χ3n) is 6.30. The largest absolute Gasteiger partial charge is 0.454 e. The molecule has 1 amide bonds. The number of likely N-dealkylation sites (N-methyl/N-ethyl adjacent to an activating group) is 1. The molecule has 0 radical (unpaired) electrons. The Kier molecular flexibility index (Phi) is 5.63. The van der Waals surface area contributed by atoms with Gasteiger partial charge in [0, 0.05) is 36.3 Å². The molecule has 0 aliphatic heterocycles. The number of benzene rings is 2. The van der Waals surface area contributed by atoms with Crippen molar-refractivity contribution in [2.75, 3.05) is 7.05 Å². The number of furan rings is 1. The second-order valence-electron chi connectivity index (χ2n) is 8.44. The van der Waals surface area contributed by atoms with E-state index >= 15 is 0 Å². The first-order valence-corrected chi connectivity index (χ1v) is 11.3. The molecule has 1 aliphatic rings. The Labute approximate surface area is 188 Å². The Hall–Kier alpha value is -3.60. The van der Waals surface area contributed by atoms with Gasteiger partial charge in [-0.3, -0.25) is 4.79 Å². The van der Waals surface area contributed by atoms with Crippen LogP contribution in [-0.4, -0.2) is 33.7 Å². The van der Waals surface area contributed by atoms with Crippen LogP contribution in [0, 0.1) is 0 Å². The molecule has 2 aromatic heterocycles. The van der Waals surface area contributed by atoms with Crippen LogP contribution in [0.25, 0.3) is 34.2 Å². The van der Waals surface area contributed by atoms with Crippen molar-refractivity contribution in [3.8, 4) is 17.1 Å². The third kappa shape index (κ3) is 4.11. The normalized spacial score (nSPS) is 14.9. The number of hydrogen-bond donors (Lipinski definition) is 0. The number of carbonyl (C=O) groups is 1. The van der Waals surface area contributed by atoms with Gasteiger partial charge in [0.2, 0.25) is 5.91 Å². The van der Waals surface area contributed by atoms with E-state index in [1.165, 1.54) is 19.3 Å². The lowest BCUT2D eigenvalue weighted by Gasteiger charge is -2.30. The molecule has 32 heavy (non-hydrogen) atoms. The molecule has 0 unspecified atom stereocenters. The number of aromatic nitrogens is 2. The molecule has 5 rings (SSSR count). The van der Waals surface area contributed by atoms with Gasteiger partial charge in [-0.1, -0.05) is 55.7 Å². The minimum absolute atomic E-state index is 0.0277. The van der Waals surface area contributed by atoms with E-state index in [4.69, 9.17) is 9.52 Å². The average molecular weight is 426 g/mol. The second-order valence-corrected chi connectivity index (χ2v) is 8.44. The van der Waals surface area contributed by atoms with Gasteiger partial charge >= 0.3 is 0 Å². The lowest BCUT2D eigenvalue weighted by molar-refractivity contribution is -0.127. The number of nitrogens with zero attached hydrogens (tertiary/aromatic N) is 3. The van der Waals surface area contributed by atoms with Crippen LogP contribution in [0.3, 0.4) is 0 Å². The summed E-state index contributed by atoms with van der Waals surface area (Å²) < 4.78 is 7.92. The molecule has 0 saturated heterocycles. The van der Waals surface area contributed by atoms with E-state index in [0.29, 0.717) is 11.8 Å². The van der Waals surface area contributed by atoms with Crippen LogP contribution in [-0.2, 0) is 4.79 Å². The fourth-order valence-electron chi connectivity index (χ4n) is 4.44. The molecule has 0 N–H and O–H groups in total. The molecule has 4 aromatic rings. The first-order chi connectivity index (χ1) is 15.7. The Morgan fingerprint density at radius 3 is 2.59 bits per heavy atom. The molecule has 162 valence electrons. The lowest BCUT2D eigenvalue weighted by Crippen LogP contribution is -2.37. The van der Waals surface area contributed by atoms with Crippen LogP contribution >= 0.6 is 0 Å². The molecule has 5 nitrogen and oxygen atoms in total. The van der Waals surface area contributed by atoms with E-state index in [1.54, 1.807) is 6.08 Å². The number of para-hydroxylation sites is 2. The van der Waals surface area contributed by atoms with E-state index in [0.717, 1.165) is 40.8 Å². The summed E-state index contributed by atoms with van der Waals surface area (Å²) in [5.74, 6) is 0.716. The minimum Gasteiger partial charge on any atom is -0.454 e. The van der Waals surface area contributed by atoms with Gasteiger partial charge in [0.25, 0.3) is 0 Å².